The predicted octanol–water partition coefficient (Wildman–Crippen LogP) is 2.03. The zero-order valence-electron chi connectivity index (χ0n) is 8.88. The highest BCUT2D eigenvalue weighted by Gasteiger charge is 2.04. The lowest BCUT2D eigenvalue weighted by atomic mass is 10.2. The number of amides is 2. The molecule has 2 N–H and O–H groups in total. The van der Waals surface area contributed by atoms with E-state index in [1.165, 1.54) is 6.07 Å². The minimum Gasteiger partial charge on any atom is -0.336 e. The first-order valence-electron chi connectivity index (χ1n) is 4.87. The number of nitrogens with one attached hydrogen (secondary N) is 2. The molecular weight excluding hydrogens is 195 g/mol. The Kier molecular flexibility index (Phi) is 4.09. The molecule has 1 rings (SSSR count). The van der Waals surface area contributed by atoms with Crippen molar-refractivity contribution in [3.05, 3.63) is 35.6 Å². The number of hydrogen-bond donors (Lipinski definition) is 2. The van der Waals surface area contributed by atoms with Crippen molar-refractivity contribution in [1.82, 2.24) is 10.6 Å². The van der Waals surface area contributed by atoms with Crippen molar-refractivity contribution in [3.63, 3.8) is 0 Å². The van der Waals surface area contributed by atoms with Crippen LogP contribution in [0, 0.1) is 5.82 Å². The van der Waals surface area contributed by atoms with Crippen molar-refractivity contribution in [2.45, 2.75) is 26.4 Å². The quantitative estimate of drug-likeness (QED) is 0.787. The van der Waals surface area contributed by atoms with E-state index < -0.39 is 0 Å². The first-order valence-corrected chi connectivity index (χ1v) is 4.87. The molecule has 0 aliphatic carbocycles. The van der Waals surface area contributed by atoms with Gasteiger partial charge in [-0.2, -0.15) is 0 Å². The zero-order chi connectivity index (χ0) is 11.3. The van der Waals surface area contributed by atoms with Gasteiger partial charge in [0.2, 0.25) is 0 Å². The molecule has 0 fully saturated rings. The lowest BCUT2D eigenvalue weighted by Gasteiger charge is -2.10. The summed E-state index contributed by atoms with van der Waals surface area (Å²) in [5.74, 6) is -0.303. The van der Waals surface area contributed by atoms with Crippen LogP contribution in [0.15, 0.2) is 24.3 Å². The fraction of sp³-hybridized carbons (Fsp3) is 0.364. The molecular formula is C11H15FN2O. The van der Waals surface area contributed by atoms with E-state index in [1.807, 2.05) is 13.8 Å². The number of rotatable bonds is 3. The van der Waals surface area contributed by atoms with Crippen LogP contribution < -0.4 is 10.6 Å². The van der Waals surface area contributed by atoms with Gasteiger partial charge in [0.1, 0.15) is 5.82 Å². The number of urea groups is 1. The Bertz CT molecular complexity index is 339. The lowest BCUT2D eigenvalue weighted by Crippen LogP contribution is -2.39. The Hall–Kier alpha value is -1.58. The summed E-state index contributed by atoms with van der Waals surface area (Å²) >= 11 is 0. The van der Waals surface area contributed by atoms with Crippen LogP contribution in [0.5, 0.6) is 0 Å². The fourth-order valence-electron chi connectivity index (χ4n) is 1.13. The summed E-state index contributed by atoms with van der Waals surface area (Å²) in [5.41, 5.74) is 0.483. The summed E-state index contributed by atoms with van der Waals surface area (Å²) in [5, 5.41) is 5.24. The van der Waals surface area contributed by atoms with Crippen LogP contribution in [0.25, 0.3) is 0 Å². The molecule has 0 atom stereocenters. The monoisotopic (exact) mass is 210 g/mol. The Morgan fingerprint density at radius 1 is 1.40 bits per heavy atom. The minimum atomic E-state index is -0.303. The molecule has 0 spiro atoms. The molecule has 0 heterocycles. The SMILES string of the molecule is CC(C)NC(=O)NCc1ccccc1F. The maximum absolute atomic E-state index is 13.1. The van der Waals surface area contributed by atoms with Crippen molar-refractivity contribution in [1.29, 1.82) is 0 Å². The number of carbonyl (C=O) groups excluding carboxylic acids is 1. The average molecular weight is 210 g/mol. The summed E-state index contributed by atoms with van der Waals surface area (Å²) in [4.78, 5) is 11.2. The van der Waals surface area contributed by atoms with Crippen molar-refractivity contribution in [2.24, 2.45) is 0 Å². The molecule has 0 saturated carbocycles. The van der Waals surface area contributed by atoms with Crippen LogP contribution in [0.4, 0.5) is 9.18 Å². The van der Waals surface area contributed by atoms with Crippen LogP contribution in [0.3, 0.4) is 0 Å². The molecule has 0 unspecified atom stereocenters. The van der Waals surface area contributed by atoms with Gasteiger partial charge in [-0.25, -0.2) is 9.18 Å². The topological polar surface area (TPSA) is 41.1 Å². The fourth-order valence-corrected chi connectivity index (χ4v) is 1.13. The van der Waals surface area contributed by atoms with Gasteiger partial charge in [0, 0.05) is 18.2 Å². The predicted molar refractivity (Wildman–Crippen MR) is 56.9 cm³/mol. The largest absolute Gasteiger partial charge is 0.336 e. The molecule has 82 valence electrons. The summed E-state index contributed by atoms with van der Waals surface area (Å²) in [6, 6.07) is 6.16. The van der Waals surface area contributed by atoms with E-state index in [0.29, 0.717) is 5.56 Å². The maximum Gasteiger partial charge on any atom is 0.315 e. The van der Waals surface area contributed by atoms with E-state index in [4.69, 9.17) is 0 Å². The summed E-state index contributed by atoms with van der Waals surface area (Å²) in [6.07, 6.45) is 0. The first kappa shape index (κ1) is 11.5. The molecule has 0 aromatic heterocycles. The van der Waals surface area contributed by atoms with Crippen LogP contribution in [0.2, 0.25) is 0 Å². The van der Waals surface area contributed by atoms with E-state index in [9.17, 15) is 9.18 Å². The number of benzene rings is 1. The van der Waals surface area contributed by atoms with Gasteiger partial charge in [-0.05, 0) is 19.9 Å². The summed E-state index contributed by atoms with van der Waals surface area (Å²) in [6.45, 7) is 3.93. The second-order valence-corrected chi connectivity index (χ2v) is 3.57. The third-order valence-corrected chi connectivity index (χ3v) is 1.82. The summed E-state index contributed by atoms with van der Waals surface area (Å²) < 4.78 is 13.1. The van der Waals surface area contributed by atoms with Crippen molar-refractivity contribution in [2.75, 3.05) is 0 Å². The van der Waals surface area contributed by atoms with Gasteiger partial charge < -0.3 is 10.6 Å². The molecule has 0 aliphatic rings. The van der Waals surface area contributed by atoms with Crippen molar-refractivity contribution in [3.8, 4) is 0 Å². The molecule has 1 aromatic rings. The molecule has 4 heteroatoms. The summed E-state index contributed by atoms with van der Waals surface area (Å²) in [7, 11) is 0. The highest BCUT2D eigenvalue weighted by atomic mass is 19.1. The molecule has 15 heavy (non-hydrogen) atoms. The smallest absolute Gasteiger partial charge is 0.315 e. The van der Waals surface area contributed by atoms with Crippen LogP contribution in [-0.2, 0) is 6.54 Å². The third-order valence-electron chi connectivity index (χ3n) is 1.82. The minimum absolute atomic E-state index is 0.0746. The van der Waals surface area contributed by atoms with Gasteiger partial charge >= 0.3 is 6.03 Å². The highest BCUT2D eigenvalue weighted by Crippen LogP contribution is 2.05. The van der Waals surface area contributed by atoms with Crippen molar-refractivity contribution >= 4 is 6.03 Å². The number of halogens is 1. The molecule has 0 bridgehead atoms. The van der Waals surface area contributed by atoms with Crippen LogP contribution >= 0.6 is 0 Å². The van der Waals surface area contributed by atoms with Gasteiger partial charge in [0.05, 0.1) is 0 Å². The van der Waals surface area contributed by atoms with E-state index >= 15 is 0 Å². The standard InChI is InChI=1S/C11H15FN2O/c1-8(2)14-11(15)13-7-9-5-3-4-6-10(9)12/h3-6,8H,7H2,1-2H3,(H2,13,14,15). The van der Waals surface area contributed by atoms with Gasteiger partial charge in [-0.15, -0.1) is 0 Å². The second kappa shape index (κ2) is 5.34. The number of carbonyl (C=O) groups is 1. The van der Waals surface area contributed by atoms with E-state index in [2.05, 4.69) is 10.6 Å². The van der Waals surface area contributed by atoms with E-state index in [-0.39, 0.29) is 24.4 Å². The molecule has 2 amide bonds. The van der Waals surface area contributed by atoms with E-state index in [0.717, 1.165) is 0 Å². The Balaban J connectivity index is 2.44. The molecule has 0 aliphatic heterocycles. The Labute approximate surface area is 88.7 Å². The highest BCUT2D eigenvalue weighted by molar-refractivity contribution is 5.74. The molecule has 1 aromatic carbocycles. The van der Waals surface area contributed by atoms with Crippen molar-refractivity contribution < 1.29 is 9.18 Å². The molecule has 0 radical (unpaired) electrons. The zero-order valence-corrected chi connectivity index (χ0v) is 8.88. The Morgan fingerprint density at radius 2 is 2.07 bits per heavy atom. The lowest BCUT2D eigenvalue weighted by molar-refractivity contribution is 0.238. The van der Waals surface area contributed by atoms with Crippen LogP contribution in [-0.4, -0.2) is 12.1 Å². The van der Waals surface area contributed by atoms with Gasteiger partial charge in [-0.3, -0.25) is 0 Å². The second-order valence-electron chi connectivity index (χ2n) is 3.57. The Morgan fingerprint density at radius 3 is 2.67 bits per heavy atom. The molecule has 0 saturated heterocycles. The van der Waals surface area contributed by atoms with Crippen LogP contribution in [0.1, 0.15) is 19.4 Å². The van der Waals surface area contributed by atoms with Gasteiger partial charge in [0.15, 0.2) is 0 Å². The third kappa shape index (κ3) is 3.97. The average Bonchev–Trinajstić information content (AvgIpc) is 2.15. The number of hydrogen-bond acceptors (Lipinski definition) is 1. The van der Waals surface area contributed by atoms with E-state index in [1.54, 1.807) is 18.2 Å². The van der Waals surface area contributed by atoms with Gasteiger partial charge in [0.25, 0.3) is 0 Å². The van der Waals surface area contributed by atoms with Gasteiger partial charge in [-0.1, -0.05) is 18.2 Å². The molecule has 3 nitrogen and oxygen atoms in total. The first-order chi connectivity index (χ1) is 7.09. The normalized spacial score (nSPS) is 10.1. The maximum atomic E-state index is 13.1.